The highest BCUT2D eigenvalue weighted by atomic mass is 15.1. The topological polar surface area (TPSA) is 8.17 Å². The third-order valence-corrected chi connectivity index (χ3v) is 13.8. The summed E-state index contributed by atoms with van der Waals surface area (Å²) >= 11 is 0. The van der Waals surface area contributed by atoms with E-state index in [0.29, 0.717) is 0 Å². The summed E-state index contributed by atoms with van der Waals surface area (Å²) < 4.78 is 2.42. The first kappa shape index (κ1) is 29.0. The number of nitrogens with zero attached hydrogens (tertiary/aromatic N) is 2. The maximum Gasteiger partial charge on any atom is 0.0541 e. The van der Waals surface area contributed by atoms with Crippen LogP contribution in [-0.2, 0) is 5.41 Å². The van der Waals surface area contributed by atoms with E-state index in [0.717, 1.165) is 23.7 Å². The Morgan fingerprint density at radius 1 is 0.519 bits per heavy atom. The lowest BCUT2D eigenvalue weighted by molar-refractivity contribution is 0.0768. The van der Waals surface area contributed by atoms with Crippen LogP contribution in [0, 0.1) is 23.7 Å². The molecule has 3 saturated carbocycles. The van der Waals surface area contributed by atoms with Crippen molar-refractivity contribution in [1.82, 2.24) is 4.57 Å². The molecule has 3 fully saturated rings. The Morgan fingerprint density at radius 3 is 2.02 bits per heavy atom. The van der Waals surface area contributed by atoms with Crippen LogP contribution in [0.3, 0.4) is 0 Å². The fourth-order valence-corrected chi connectivity index (χ4v) is 12.1. The fraction of sp³-hybridized carbons (Fsp3) is 0.200. The first-order valence-corrected chi connectivity index (χ1v) is 19.4. The zero-order chi connectivity index (χ0) is 34.0. The van der Waals surface area contributed by atoms with Gasteiger partial charge in [-0.3, -0.25) is 0 Å². The molecule has 3 bridgehead atoms. The molecule has 0 aliphatic heterocycles. The van der Waals surface area contributed by atoms with Gasteiger partial charge in [0.15, 0.2) is 0 Å². The minimum absolute atomic E-state index is 0.128. The Kier molecular flexibility index (Phi) is 5.98. The van der Waals surface area contributed by atoms with Crippen molar-refractivity contribution in [2.75, 3.05) is 4.90 Å². The van der Waals surface area contributed by atoms with Gasteiger partial charge in [0.25, 0.3) is 0 Å². The van der Waals surface area contributed by atoms with E-state index in [1.54, 1.807) is 11.1 Å². The van der Waals surface area contributed by atoms with Crippen LogP contribution in [0.4, 0.5) is 17.1 Å². The number of hydrogen-bond acceptors (Lipinski definition) is 1. The van der Waals surface area contributed by atoms with Crippen molar-refractivity contribution in [3.05, 3.63) is 169 Å². The molecule has 0 amide bonds. The summed E-state index contributed by atoms with van der Waals surface area (Å²) in [5.41, 5.74) is 13.6. The Labute approximate surface area is 305 Å². The zero-order valence-electron chi connectivity index (χ0n) is 29.3. The van der Waals surface area contributed by atoms with E-state index in [-0.39, 0.29) is 5.41 Å². The fourth-order valence-electron chi connectivity index (χ4n) is 12.1. The SMILES string of the molecule is c1ccc2c(c1)-c1ccc(N(c3ccc(-n4c5ccccc5c5ccccc54)cc3)c3cccc4ccccc34)cc1C21[C@H]2CCC3C[C@@H](C2)C[C@H]31. The lowest BCUT2D eigenvalue weighted by atomic mass is 9.51. The molecule has 52 heavy (non-hydrogen) atoms. The maximum absolute atomic E-state index is 2.63. The minimum atomic E-state index is 0.128. The van der Waals surface area contributed by atoms with Crippen molar-refractivity contribution in [2.45, 2.75) is 37.5 Å². The largest absolute Gasteiger partial charge is 0.310 e. The van der Waals surface area contributed by atoms with E-state index >= 15 is 0 Å². The van der Waals surface area contributed by atoms with E-state index < -0.39 is 0 Å². The van der Waals surface area contributed by atoms with E-state index in [4.69, 9.17) is 0 Å². The van der Waals surface area contributed by atoms with Crippen LogP contribution >= 0.6 is 0 Å². The molecule has 4 aliphatic rings. The molecule has 5 atom stereocenters. The minimum Gasteiger partial charge on any atom is -0.310 e. The number of aromatic nitrogens is 1. The summed E-state index contributed by atoms with van der Waals surface area (Å²) in [6.07, 6.45) is 7.03. The van der Waals surface area contributed by atoms with Crippen LogP contribution in [0.5, 0.6) is 0 Å². The van der Waals surface area contributed by atoms with Gasteiger partial charge in [-0.25, -0.2) is 0 Å². The molecule has 4 aliphatic carbocycles. The van der Waals surface area contributed by atoms with Crippen molar-refractivity contribution < 1.29 is 0 Å². The summed E-state index contributed by atoms with van der Waals surface area (Å²) in [6, 6.07) is 59.5. The summed E-state index contributed by atoms with van der Waals surface area (Å²) in [5.74, 6) is 3.25. The standard InChI is InChI=1S/C50H40N2/c1-2-12-39-33(10-1)11-9-19-47(39)51(36-22-24-37(25-23-36)52-48-17-7-4-14-42(48)43-15-5-8-18-49(43)52)38-26-27-41-40-13-3-6-16-44(40)50(46(41)31-38)35-21-20-34-28-32(29-35)30-45(34)50/h1-19,22-27,31-32,34-35,45H,20-21,28-30H2/t32-,34?,35-,45+,50?/m0/s1. The first-order chi connectivity index (χ1) is 25.8. The van der Waals surface area contributed by atoms with Gasteiger partial charge >= 0.3 is 0 Å². The van der Waals surface area contributed by atoms with Crippen LogP contribution in [0.25, 0.3) is 49.4 Å². The molecule has 1 heterocycles. The molecular weight excluding hydrogens is 629 g/mol. The molecule has 2 unspecified atom stereocenters. The Balaban J connectivity index is 1.07. The molecule has 2 nitrogen and oxygen atoms in total. The highest BCUT2D eigenvalue weighted by molar-refractivity contribution is 6.09. The van der Waals surface area contributed by atoms with Crippen LogP contribution in [0.15, 0.2) is 158 Å². The van der Waals surface area contributed by atoms with E-state index in [9.17, 15) is 0 Å². The van der Waals surface area contributed by atoms with Crippen molar-refractivity contribution in [2.24, 2.45) is 23.7 Å². The third-order valence-electron chi connectivity index (χ3n) is 13.8. The zero-order valence-corrected chi connectivity index (χ0v) is 29.3. The van der Waals surface area contributed by atoms with Crippen LogP contribution in [0.1, 0.15) is 43.2 Å². The second-order valence-corrected chi connectivity index (χ2v) is 16.1. The predicted molar refractivity (Wildman–Crippen MR) is 216 cm³/mol. The van der Waals surface area contributed by atoms with E-state index in [1.807, 2.05) is 0 Å². The second kappa shape index (κ2) is 10.7. The number of fused-ring (bicyclic) bond motifs is 8. The Bertz CT molecular complexity index is 2660. The van der Waals surface area contributed by atoms with Crippen LogP contribution in [-0.4, -0.2) is 4.57 Å². The Hall–Kier alpha value is -5.60. The summed E-state index contributed by atoms with van der Waals surface area (Å²) in [5, 5.41) is 5.11. The smallest absolute Gasteiger partial charge is 0.0541 e. The van der Waals surface area contributed by atoms with Gasteiger partial charge in [0.2, 0.25) is 0 Å². The first-order valence-electron chi connectivity index (χ1n) is 19.4. The number of anilines is 3. The number of benzene rings is 7. The van der Waals surface area contributed by atoms with E-state index in [1.165, 1.54) is 98.6 Å². The Morgan fingerprint density at radius 2 is 1.19 bits per heavy atom. The highest BCUT2D eigenvalue weighted by Gasteiger charge is 2.63. The molecule has 0 radical (unpaired) electrons. The molecular formula is C50H40N2. The molecule has 2 heteroatoms. The van der Waals surface area contributed by atoms with Gasteiger partial charge in [-0.2, -0.15) is 0 Å². The van der Waals surface area contributed by atoms with Gasteiger partial charge in [0, 0.05) is 38.6 Å². The highest BCUT2D eigenvalue weighted by Crippen LogP contribution is 2.70. The molecule has 0 N–H and O–H groups in total. The van der Waals surface area contributed by atoms with Crippen molar-refractivity contribution in [3.8, 4) is 16.8 Å². The third kappa shape index (κ3) is 3.80. The van der Waals surface area contributed by atoms with Gasteiger partial charge in [-0.1, -0.05) is 103 Å². The molecule has 250 valence electrons. The molecule has 0 saturated heterocycles. The van der Waals surface area contributed by atoms with Gasteiger partial charge in [-0.05, 0) is 138 Å². The maximum atomic E-state index is 2.63. The summed E-state index contributed by atoms with van der Waals surface area (Å²) in [7, 11) is 0. The molecule has 1 aromatic heterocycles. The van der Waals surface area contributed by atoms with Crippen LogP contribution < -0.4 is 4.90 Å². The predicted octanol–water partition coefficient (Wildman–Crippen LogP) is 13.1. The molecule has 8 aromatic rings. The normalized spacial score (nSPS) is 23.8. The second-order valence-electron chi connectivity index (χ2n) is 16.1. The van der Waals surface area contributed by atoms with Gasteiger partial charge in [-0.15, -0.1) is 0 Å². The molecule has 12 rings (SSSR count). The summed E-state index contributed by atoms with van der Waals surface area (Å²) in [6.45, 7) is 0. The van der Waals surface area contributed by atoms with Crippen LogP contribution in [0.2, 0.25) is 0 Å². The van der Waals surface area contributed by atoms with Crippen molar-refractivity contribution >= 4 is 49.6 Å². The molecule has 1 spiro atoms. The van der Waals surface area contributed by atoms with E-state index in [2.05, 4.69) is 167 Å². The van der Waals surface area contributed by atoms with Crippen molar-refractivity contribution in [1.29, 1.82) is 0 Å². The summed E-state index contributed by atoms with van der Waals surface area (Å²) in [4.78, 5) is 2.54. The van der Waals surface area contributed by atoms with Gasteiger partial charge in [0.1, 0.15) is 0 Å². The van der Waals surface area contributed by atoms with Crippen molar-refractivity contribution in [3.63, 3.8) is 0 Å². The number of rotatable bonds is 4. The average molecular weight is 669 g/mol. The van der Waals surface area contributed by atoms with Gasteiger partial charge in [0.05, 0.1) is 16.7 Å². The lowest BCUT2D eigenvalue weighted by Crippen LogP contribution is -2.48. The molecule has 7 aromatic carbocycles. The quantitative estimate of drug-likeness (QED) is 0.181. The number of hydrogen-bond donors (Lipinski definition) is 0. The van der Waals surface area contributed by atoms with Gasteiger partial charge < -0.3 is 9.47 Å². The average Bonchev–Trinajstić information content (AvgIpc) is 3.76. The number of para-hydroxylation sites is 2. The monoisotopic (exact) mass is 668 g/mol. The lowest BCUT2D eigenvalue weighted by Gasteiger charge is -2.53.